The molecule has 1 aromatic carbocycles. The second-order valence-corrected chi connectivity index (χ2v) is 6.53. The minimum absolute atomic E-state index is 0.0576. The van der Waals surface area contributed by atoms with Gasteiger partial charge >= 0.3 is 0 Å². The van der Waals surface area contributed by atoms with Gasteiger partial charge in [0.05, 0.1) is 12.0 Å². The summed E-state index contributed by atoms with van der Waals surface area (Å²) in [5, 5.41) is 9.87. The number of hydrogen-bond donors (Lipinski definition) is 1. The van der Waals surface area contributed by atoms with E-state index in [9.17, 15) is 14.7 Å². The van der Waals surface area contributed by atoms with Gasteiger partial charge in [-0.25, -0.2) is 0 Å². The van der Waals surface area contributed by atoms with Gasteiger partial charge in [-0.15, -0.1) is 6.58 Å². The molecule has 1 N–H and O–H groups in total. The minimum Gasteiger partial charge on any atom is -0.504 e. The quantitative estimate of drug-likeness (QED) is 0.623. The first-order valence-electron chi connectivity index (χ1n) is 7.70. The van der Waals surface area contributed by atoms with E-state index in [1.807, 2.05) is 13.8 Å². The van der Waals surface area contributed by atoms with Crippen LogP contribution in [0.15, 0.2) is 29.7 Å². The number of amides is 2. The molecule has 1 heterocycles. The highest BCUT2D eigenvalue weighted by Crippen LogP contribution is 2.37. The number of rotatable bonds is 6. The summed E-state index contributed by atoms with van der Waals surface area (Å²) in [5.74, 6) is 0.0978. The zero-order valence-electron chi connectivity index (χ0n) is 14.0. The number of allylic oxidation sites excluding steroid dienone is 1. The van der Waals surface area contributed by atoms with Crippen LogP contribution in [0.2, 0.25) is 0 Å². The first-order valence-corrected chi connectivity index (χ1v) is 8.52. The largest absolute Gasteiger partial charge is 0.504 e. The Balaban J connectivity index is 2.41. The second kappa shape index (κ2) is 7.57. The van der Waals surface area contributed by atoms with E-state index in [4.69, 9.17) is 4.74 Å². The van der Waals surface area contributed by atoms with Gasteiger partial charge in [-0.1, -0.05) is 13.0 Å². The first-order chi connectivity index (χ1) is 11.4. The van der Waals surface area contributed by atoms with Crippen LogP contribution in [0.25, 0.3) is 6.08 Å². The van der Waals surface area contributed by atoms with Crippen LogP contribution in [-0.4, -0.2) is 34.3 Å². The van der Waals surface area contributed by atoms with Crippen molar-refractivity contribution >= 4 is 29.0 Å². The maximum atomic E-state index is 12.5. The molecule has 0 radical (unpaired) electrons. The van der Waals surface area contributed by atoms with Gasteiger partial charge in [0.1, 0.15) is 0 Å². The molecule has 1 aromatic rings. The average Bonchev–Trinajstić information content (AvgIpc) is 2.83. The van der Waals surface area contributed by atoms with Crippen molar-refractivity contribution in [1.82, 2.24) is 4.90 Å². The number of methoxy groups -OCH3 is 1. The number of aromatic hydroxyl groups is 1. The number of hydrogen-bond acceptors (Lipinski definition) is 5. The van der Waals surface area contributed by atoms with E-state index in [0.29, 0.717) is 34.6 Å². The van der Waals surface area contributed by atoms with E-state index in [1.54, 1.807) is 24.3 Å². The van der Waals surface area contributed by atoms with Crippen LogP contribution in [0.1, 0.15) is 31.4 Å². The van der Waals surface area contributed by atoms with Crippen LogP contribution >= 0.6 is 11.8 Å². The maximum absolute atomic E-state index is 12.5. The Morgan fingerprint density at radius 2 is 2.12 bits per heavy atom. The predicted molar refractivity (Wildman–Crippen MR) is 96.1 cm³/mol. The molecule has 2 amide bonds. The van der Waals surface area contributed by atoms with Crippen molar-refractivity contribution in [3.8, 4) is 11.5 Å². The lowest BCUT2D eigenvalue weighted by atomic mass is 10.0. The molecule has 2 rings (SSSR count). The van der Waals surface area contributed by atoms with E-state index < -0.39 is 0 Å². The Morgan fingerprint density at radius 3 is 2.71 bits per heavy atom. The second-order valence-electron chi connectivity index (χ2n) is 5.53. The van der Waals surface area contributed by atoms with E-state index in [-0.39, 0.29) is 22.9 Å². The number of imide groups is 1. The van der Waals surface area contributed by atoms with E-state index in [0.717, 1.165) is 11.8 Å². The van der Waals surface area contributed by atoms with Gasteiger partial charge in [0, 0.05) is 11.6 Å². The molecule has 1 fully saturated rings. The molecule has 0 spiro atoms. The van der Waals surface area contributed by atoms with Crippen molar-refractivity contribution in [1.29, 1.82) is 0 Å². The van der Waals surface area contributed by atoms with Crippen molar-refractivity contribution < 1.29 is 19.4 Å². The van der Waals surface area contributed by atoms with E-state index in [2.05, 4.69) is 6.58 Å². The Kier molecular flexibility index (Phi) is 5.72. The maximum Gasteiger partial charge on any atom is 0.293 e. The van der Waals surface area contributed by atoms with Gasteiger partial charge in [0.15, 0.2) is 11.5 Å². The summed E-state index contributed by atoms with van der Waals surface area (Å²) in [5.41, 5.74) is 1.34. The van der Waals surface area contributed by atoms with Crippen molar-refractivity contribution in [2.75, 3.05) is 7.11 Å². The first kappa shape index (κ1) is 18.1. The molecule has 1 aliphatic rings. The van der Waals surface area contributed by atoms with Crippen LogP contribution in [0, 0.1) is 0 Å². The molecule has 24 heavy (non-hydrogen) atoms. The summed E-state index contributed by atoms with van der Waals surface area (Å²) < 4.78 is 5.18. The summed E-state index contributed by atoms with van der Waals surface area (Å²) in [6.45, 7) is 7.46. The number of phenolic OH excluding ortho intramolecular Hbond substituents is 1. The van der Waals surface area contributed by atoms with Gasteiger partial charge in [-0.3, -0.25) is 14.5 Å². The highest BCUT2D eigenvalue weighted by atomic mass is 32.2. The van der Waals surface area contributed by atoms with Crippen LogP contribution < -0.4 is 4.74 Å². The number of phenols is 1. The molecule has 0 saturated carbocycles. The molecule has 6 heteroatoms. The number of carbonyl (C=O) groups excluding carboxylic acids is 2. The van der Waals surface area contributed by atoms with Crippen LogP contribution in [0.4, 0.5) is 4.79 Å². The van der Waals surface area contributed by atoms with Gasteiger partial charge < -0.3 is 9.84 Å². The number of benzene rings is 1. The molecular formula is C18H21NO4S. The van der Waals surface area contributed by atoms with Gasteiger partial charge in [-0.05, 0) is 55.3 Å². The summed E-state index contributed by atoms with van der Waals surface area (Å²) in [4.78, 5) is 26.2. The standard InChI is InChI=1S/C18H21NO4S/c1-5-7-13-8-12(9-14(23-4)16(13)20)10-15-17(21)19(11(3)6-2)18(22)24-15/h5,8-11,20H,1,6-7H2,2-4H3/b15-10+/t11-/m0/s1. The SMILES string of the molecule is C=CCc1cc(/C=C2/SC(=O)N([C@@H](C)CC)C2=O)cc(OC)c1O. The Labute approximate surface area is 146 Å². The fourth-order valence-corrected chi connectivity index (χ4v) is 3.36. The lowest BCUT2D eigenvalue weighted by Crippen LogP contribution is -2.36. The summed E-state index contributed by atoms with van der Waals surface area (Å²) in [6.07, 6.45) is 4.51. The molecule has 0 aliphatic carbocycles. The molecule has 1 atom stereocenters. The average molecular weight is 347 g/mol. The Morgan fingerprint density at radius 1 is 1.42 bits per heavy atom. The Hall–Kier alpha value is -2.21. The molecule has 1 aliphatic heterocycles. The summed E-state index contributed by atoms with van der Waals surface area (Å²) in [6, 6.07) is 3.27. The van der Waals surface area contributed by atoms with Gasteiger partial charge in [0.25, 0.3) is 11.1 Å². The fraction of sp³-hybridized carbons (Fsp3) is 0.333. The molecule has 0 aromatic heterocycles. The van der Waals surface area contributed by atoms with E-state index >= 15 is 0 Å². The highest BCUT2D eigenvalue weighted by Gasteiger charge is 2.37. The zero-order chi connectivity index (χ0) is 17.9. The predicted octanol–water partition coefficient (Wildman–Crippen LogP) is 3.96. The number of nitrogens with zero attached hydrogens (tertiary/aromatic N) is 1. The van der Waals surface area contributed by atoms with Crippen LogP contribution in [0.3, 0.4) is 0 Å². The van der Waals surface area contributed by atoms with E-state index in [1.165, 1.54) is 12.0 Å². The lowest BCUT2D eigenvalue weighted by Gasteiger charge is -2.19. The molecule has 128 valence electrons. The monoisotopic (exact) mass is 347 g/mol. The number of ether oxygens (including phenoxy) is 1. The number of thioether (sulfide) groups is 1. The van der Waals surface area contributed by atoms with Gasteiger partial charge in [-0.2, -0.15) is 0 Å². The normalized spacial score (nSPS) is 17.5. The third kappa shape index (κ3) is 3.48. The zero-order valence-corrected chi connectivity index (χ0v) is 14.9. The smallest absolute Gasteiger partial charge is 0.293 e. The minimum atomic E-state index is -0.281. The van der Waals surface area contributed by atoms with Crippen molar-refractivity contribution in [3.05, 3.63) is 40.8 Å². The summed E-state index contributed by atoms with van der Waals surface area (Å²) >= 11 is 0.932. The molecule has 1 saturated heterocycles. The molecule has 0 unspecified atom stereocenters. The molecule has 5 nitrogen and oxygen atoms in total. The third-order valence-electron chi connectivity index (χ3n) is 3.91. The summed E-state index contributed by atoms with van der Waals surface area (Å²) in [7, 11) is 1.47. The molecular weight excluding hydrogens is 326 g/mol. The van der Waals surface area contributed by atoms with Crippen LogP contribution in [-0.2, 0) is 11.2 Å². The third-order valence-corrected chi connectivity index (χ3v) is 4.80. The topological polar surface area (TPSA) is 66.8 Å². The van der Waals surface area contributed by atoms with Gasteiger partial charge in [0.2, 0.25) is 0 Å². The van der Waals surface area contributed by atoms with Crippen molar-refractivity contribution in [2.24, 2.45) is 0 Å². The molecule has 0 bridgehead atoms. The highest BCUT2D eigenvalue weighted by molar-refractivity contribution is 8.18. The fourth-order valence-electron chi connectivity index (χ4n) is 2.43. The van der Waals surface area contributed by atoms with Crippen molar-refractivity contribution in [2.45, 2.75) is 32.7 Å². The lowest BCUT2D eigenvalue weighted by molar-refractivity contribution is -0.124. The van der Waals surface area contributed by atoms with Crippen molar-refractivity contribution in [3.63, 3.8) is 0 Å². The van der Waals surface area contributed by atoms with Crippen LogP contribution in [0.5, 0.6) is 11.5 Å². The Bertz CT molecular complexity index is 711. The number of carbonyl (C=O) groups is 2.